The summed E-state index contributed by atoms with van der Waals surface area (Å²) in [6.07, 6.45) is 14.8. The number of carbonyl (C=O) groups excluding carboxylic acids is 1. The van der Waals surface area contributed by atoms with E-state index in [0.29, 0.717) is 32.8 Å². The monoisotopic (exact) mass is 358 g/mol. The minimum atomic E-state index is -0.0950. The highest BCUT2D eigenvalue weighted by molar-refractivity contribution is 5.69. The minimum Gasteiger partial charge on any atom is -0.466 e. The van der Waals surface area contributed by atoms with Crippen molar-refractivity contribution in [2.24, 2.45) is 0 Å². The quantitative estimate of drug-likeness (QED) is 0.208. The molecule has 0 heterocycles. The van der Waals surface area contributed by atoms with Gasteiger partial charge in [0.2, 0.25) is 0 Å². The van der Waals surface area contributed by atoms with Crippen LogP contribution in [0.15, 0.2) is 0 Å². The van der Waals surface area contributed by atoms with Gasteiger partial charge in [0.25, 0.3) is 0 Å². The highest BCUT2D eigenvalue weighted by Gasteiger charge is 2.02. The average molecular weight is 359 g/mol. The number of carbonyl (C=O) groups is 1. The summed E-state index contributed by atoms with van der Waals surface area (Å²) >= 11 is 0. The highest BCUT2D eigenvalue weighted by Crippen LogP contribution is 2.08. The molecule has 0 aromatic heterocycles. The summed E-state index contributed by atoms with van der Waals surface area (Å²) in [5, 5.41) is 0. The van der Waals surface area contributed by atoms with Gasteiger partial charge in [-0.15, -0.1) is 0 Å². The zero-order valence-electron chi connectivity index (χ0n) is 16.9. The Morgan fingerprint density at radius 3 is 1.68 bits per heavy atom. The van der Waals surface area contributed by atoms with E-state index in [4.69, 9.17) is 14.2 Å². The van der Waals surface area contributed by atoms with Crippen LogP contribution in [0.3, 0.4) is 0 Å². The molecule has 0 amide bonds. The van der Waals surface area contributed by atoms with Crippen molar-refractivity contribution in [3.8, 4) is 0 Å². The Morgan fingerprint density at radius 1 is 0.560 bits per heavy atom. The van der Waals surface area contributed by atoms with Crippen molar-refractivity contribution in [1.29, 1.82) is 0 Å². The molecule has 0 saturated carbocycles. The summed E-state index contributed by atoms with van der Waals surface area (Å²) in [5.41, 5.74) is 0. The van der Waals surface area contributed by atoms with Crippen molar-refractivity contribution in [2.75, 3.05) is 33.0 Å². The smallest absolute Gasteiger partial charge is 0.305 e. The maximum Gasteiger partial charge on any atom is 0.305 e. The number of esters is 1. The van der Waals surface area contributed by atoms with Gasteiger partial charge >= 0.3 is 5.97 Å². The van der Waals surface area contributed by atoms with Crippen molar-refractivity contribution in [1.82, 2.24) is 0 Å². The molecule has 0 atom stereocenters. The maximum atomic E-state index is 11.6. The Kier molecular flexibility index (Phi) is 20.9. The van der Waals surface area contributed by atoms with Crippen LogP contribution in [0.4, 0.5) is 0 Å². The van der Waals surface area contributed by atoms with Crippen LogP contribution in [0.5, 0.6) is 0 Å². The second kappa shape index (κ2) is 21.4. The van der Waals surface area contributed by atoms with E-state index in [2.05, 4.69) is 13.8 Å². The van der Waals surface area contributed by atoms with E-state index < -0.39 is 0 Å². The third-order valence-electron chi connectivity index (χ3n) is 4.19. The molecule has 4 nitrogen and oxygen atoms in total. The molecule has 0 aromatic rings. The first-order valence-electron chi connectivity index (χ1n) is 10.6. The van der Waals surface area contributed by atoms with E-state index in [1.165, 1.54) is 57.8 Å². The highest BCUT2D eigenvalue weighted by atomic mass is 16.5. The Hall–Kier alpha value is -0.610. The predicted octanol–water partition coefficient (Wildman–Crippen LogP) is 5.67. The fourth-order valence-electron chi connectivity index (χ4n) is 2.59. The molecule has 150 valence electrons. The van der Waals surface area contributed by atoms with Gasteiger partial charge in [0, 0.05) is 19.6 Å². The van der Waals surface area contributed by atoms with Crippen molar-refractivity contribution >= 4 is 5.97 Å². The van der Waals surface area contributed by atoms with Crippen LogP contribution in [0, 0.1) is 0 Å². The number of ether oxygens (including phenoxy) is 3. The summed E-state index contributed by atoms with van der Waals surface area (Å²) in [6, 6.07) is 0. The molecular weight excluding hydrogens is 316 g/mol. The lowest BCUT2D eigenvalue weighted by Crippen LogP contribution is -2.09. The van der Waals surface area contributed by atoms with Gasteiger partial charge in [0.15, 0.2) is 0 Å². The third-order valence-corrected chi connectivity index (χ3v) is 4.19. The van der Waals surface area contributed by atoms with E-state index in [1.807, 2.05) is 0 Å². The zero-order valence-corrected chi connectivity index (χ0v) is 16.9. The number of unbranched alkanes of at least 4 members (excludes halogenated alkanes) is 9. The van der Waals surface area contributed by atoms with E-state index in [1.54, 1.807) is 0 Å². The second-order valence-electron chi connectivity index (χ2n) is 6.73. The molecule has 4 heteroatoms. The van der Waals surface area contributed by atoms with Crippen LogP contribution >= 0.6 is 0 Å². The topological polar surface area (TPSA) is 44.8 Å². The average Bonchev–Trinajstić information content (AvgIpc) is 2.62. The van der Waals surface area contributed by atoms with Crippen LogP contribution in [-0.4, -0.2) is 39.0 Å². The van der Waals surface area contributed by atoms with Crippen molar-refractivity contribution in [2.45, 2.75) is 97.3 Å². The maximum absolute atomic E-state index is 11.6. The lowest BCUT2D eigenvalue weighted by molar-refractivity contribution is -0.144. The molecule has 0 bridgehead atoms. The molecule has 0 saturated heterocycles. The SMILES string of the molecule is CCCCCCCCCCOC(=O)CCCOCCOCCCCC. The molecule has 0 fully saturated rings. The first-order chi connectivity index (χ1) is 12.3. The van der Waals surface area contributed by atoms with Gasteiger partial charge in [-0.2, -0.15) is 0 Å². The van der Waals surface area contributed by atoms with E-state index in [0.717, 1.165) is 25.9 Å². The van der Waals surface area contributed by atoms with Gasteiger partial charge in [-0.05, 0) is 19.3 Å². The zero-order chi connectivity index (χ0) is 18.4. The second-order valence-corrected chi connectivity index (χ2v) is 6.73. The molecule has 0 aliphatic rings. The van der Waals surface area contributed by atoms with Gasteiger partial charge in [-0.1, -0.05) is 71.6 Å². The van der Waals surface area contributed by atoms with Gasteiger partial charge in [-0.3, -0.25) is 4.79 Å². The van der Waals surface area contributed by atoms with Crippen LogP contribution in [-0.2, 0) is 19.0 Å². The summed E-state index contributed by atoms with van der Waals surface area (Å²) in [4.78, 5) is 11.6. The number of rotatable bonds is 20. The molecule has 0 aromatic carbocycles. The Labute approximate surface area is 156 Å². The summed E-state index contributed by atoms with van der Waals surface area (Å²) < 4.78 is 16.2. The molecule has 0 radical (unpaired) electrons. The molecule has 0 aliphatic carbocycles. The van der Waals surface area contributed by atoms with Crippen LogP contribution < -0.4 is 0 Å². The molecule has 0 rings (SSSR count). The minimum absolute atomic E-state index is 0.0950. The molecule has 0 N–H and O–H groups in total. The molecule has 0 aliphatic heterocycles. The fourth-order valence-corrected chi connectivity index (χ4v) is 2.59. The van der Waals surface area contributed by atoms with Gasteiger partial charge in [0.05, 0.1) is 19.8 Å². The Bertz CT molecular complexity index is 269. The number of hydrogen-bond donors (Lipinski definition) is 0. The third kappa shape index (κ3) is 21.3. The number of hydrogen-bond acceptors (Lipinski definition) is 4. The summed E-state index contributed by atoms with van der Waals surface area (Å²) in [7, 11) is 0. The first kappa shape index (κ1) is 24.4. The van der Waals surface area contributed by atoms with Gasteiger partial charge < -0.3 is 14.2 Å². The van der Waals surface area contributed by atoms with Gasteiger partial charge in [-0.25, -0.2) is 0 Å². The predicted molar refractivity (Wildman–Crippen MR) is 104 cm³/mol. The van der Waals surface area contributed by atoms with Crippen LogP contribution in [0.1, 0.15) is 97.3 Å². The largest absolute Gasteiger partial charge is 0.466 e. The van der Waals surface area contributed by atoms with Crippen molar-refractivity contribution in [3.05, 3.63) is 0 Å². The normalized spacial score (nSPS) is 11.0. The molecule has 0 unspecified atom stereocenters. The van der Waals surface area contributed by atoms with Crippen molar-refractivity contribution in [3.63, 3.8) is 0 Å². The standard InChI is InChI=1S/C21H42O4/c1-3-5-7-8-9-10-11-13-18-25-21(22)15-14-17-24-20-19-23-16-12-6-4-2/h3-20H2,1-2H3. The van der Waals surface area contributed by atoms with E-state index in [9.17, 15) is 4.79 Å². The Morgan fingerprint density at radius 2 is 1.04 bits per heavy atom. The van der Waals surface area contributed by atoms with E-state index in [-0.39, 0.29) is 5.97 Å². The summed E-state index contributed by atoms with van der Waals surface area (Å²) in [5.74, 6) is -0.0950. The van der Waals surface area contributed by atoms with Crippen LogP contribution in [0.25, 0.3) is 0 Å². The van der Waals surface area contributed by atoms with Crippen LogP contribution in [0.2, 0.25) is 0 Å². The molecular formula is C21H42O4. The fraction of sp³-hybridized carbons (Fsp3) is 0.952. The Balaban J connectivity index is 3.13. The van der Waals surface area contributed by atoms with E-state index >= 15 is 0 Å². The lowest BCUT2D eigenvalue weighted by Gasteiger charge is -2.06. The molecule has 25 heavy (non-hydrogen) atoms. The van der Waals surface area contributed by atoms with Gasteiger partial charge in [0.1, 0.15) is 0 Å². The first-order valence-corrected chi connectivity index (χ1v) is 10.6. The molecule has 0 spiro atoms. The lowest BCUT2D eigenvalue weighted by atomic mass is 10.1. The van der Waals surface area contributed by atoms with Crippen molar-refractivity contribution < 1.29 is 19.0 Å². The summed E-state index contributed by atoms with van der Waals surface area (Å²) in [6.45, 7) is 7.67.